The van der Waals surface area contributed by atoms with E-state index in [4.69, 9.17) is 9.40 Å². The number of rotatable bonds is 9. The summed E-state index contributed by atoms with van der Waals surface area (Å²) >= 11 is 0. The Morgan fingerprint density at radius 1 is 1.07 bits per heavy atom. The van der Waals surface area contributed by atoms with E-state index in [0.29, 0.717) is 0 Å². The second-order valence-electron chi connectivity index (χ2n) is 8.02. The number of nitrogens with zero attached hydrogens (tertiary/aromatic N) is 7. The molecule has 0 N–H and O–H groups in total. The van der Waals surface area contributed by atoms with Gasteiger partial charge in [0.15, 0.2) is 0 Å². The van der Waals surface area contributed by atoms with E-state index in [0.717, 1.165) is 81.9 Å². The van der Waals surface area contributed by atoms with Gasteiger partial charge in [0.1, 0.15) is 11.5 Å². The molecule has 0 radical (unpaired) electrons. The minimum Gasteiger partial charge on any atom is -0.465 e. The van der Waals surface area contributed by atoms with Crippen molar-refractivity contribution in [2.24, 2.45) is 0 Å². The SMILES string of the molecule is Cc1ccc(CN(CCCn2ccnc2)Cc2ccnc(N3CCN(C)CC3)n2)o1. The molecular formula is C22H31N7O. The Kier molecular flexibility index (Phi) is 6.76. The quantitative estimate of drug-likeness (QED) is 0.538. The third-order valence-corrected chi connectivity index (χ3v) is 5.50. The molecule has 3 aromatic rings. The predicted octanol–water partition coefficient (Wildman–Crippen LogP) is 2.42. The van der Waals surface area contributed by atoms with Crippen LogP contribution in [-0.2, 0) is 19.6 Å². The molecule has 4 heterocycles. The molecule has 4 rings (SSSR count). The third kappa shape index (κ3) is 5.67. The van der Waals surface area contributed by atoms with Crippen LogP contribution in [0.5, 0.6) is 0 Å². The maximum Gasteiger partial charge on any atom is 0.225 e. The molecule has 0 spiro atoms. The van der Waals surface area contributed by atoms with Crippen molar-refractivity contribution in [1.82, 2.24) is 29.3 Å². The van der Waals surface area contributed by atoms with E-state index in [9.17, 15) is 0 Å². The second-order valence-corrected chi connectivity index (χ2v) is 8.02. The molecule has 1 aliphatic rings. The zero-order chi connectivity index (χ0) is 20.8. The first-order chi connectivity index (χ1) is 14.7. The maximum atomic E-state index is 5.83. The summed E-state index contributed by atoms with van der Waals surface area (Å²) in [5.41, 5.74) is 1.05. The number of anilines is 1. The molecule has 160 valence electrons. The van der Waals surface area contributed by atoms with Crippen LogP contribution in [0.4, 0.5) is 5.95 Å². The lowest BCUT2D eigenvalue weighted by molar-refractivity contribution is 0.225. The lowest BCUT2D eigenvalue weighted by atomic mass is 10.3. The average Bonchev–Trinajstić information content (AvgIpc) is 3.40. The van der Waals surface area contributed by atoms with Crippen LogP contribution >= 0.6 is 0 Å². The first-order valence-corrected chi connectivity index (χ1v) is 10.6. The van der Waals surface area contributed by atoms with Crippen molar-refractivity contribution in [2.45, 2.75) is 33.0 Å². The van der Waals surface area contributed by atoms with Crippen LogP contribution in [-0.4, -0.2) is 69.1 Å². The van der Waals surface area contributed by atoms with Crippen molar-refractivity contribution in [1.29, 1.82) is 0 Å². The van der Waals surface area contributed by atoms with E-state index in [1.807, 2.05) is 44.0 Å². The van der Waals surface area contributed by atoms with Crippen LogP contribution < -0.4 is 4.90 Å². The maximum absolute atomic E-state index is 5.83. The van der Waals surface area contributed by atoms with Crippen LogP contribution in [0.3, 0.4) is 0 Å². The van der Waals surface area contributed by atoms with Gasteiger partial charge in [0.2, 0.25) is 5.95 Å². The second kappa shape index (κ2) is 9.86. The van der Waals surface area contributed by atoms with Gasteiger partial charge in [-0.2, -0.15) is 0 Å². The number of aromatic nitrogens is 4. The summed E-state index contributed by atoms with van der Waals surface area (Å²) < 4.78 is 7.95. The van der Waals surface area contributed by atoms with Crippen molar-refractivity contribution in [2.75, 3.05) is 44.7 Å². The molecule has 0 aromatic carbocycles. The Hall–Kier alpha value is -2.71. The summed E-state index contributed by atoms with van der Waals surface area (Å²) in [5.74, 6) is 2.78. The molecule has 1 saturated heterocycles. The molecule has 0 amide bonds. The molecule has 1 aliphatic heterocycles. The van der Waals surface area contributed by atoms with Gasteiger partial charge in [0, 0.05) is 64.4 Å². The van der Waals surface area contributed by atoms with E-state index >= 15 is 0 Å². The normalized spacial score (nSPS) is 15.2. The van der Waals surface area contributed by atoms with Gasteiger partial charge in [-0.25, -0.2) is 15.0 Å². The monoisotopic (exact) mass is 409 g/mol. The lowest BCUT2D eigenvalue weighted by Gasteiger charge is -2.32. The van der Waals surface area contributed by atoms with Crippen LogP contribution in [0, 0.1) is 6.92 Å². The number of piperazine rings is 1. The fraction of sp³-hybridized carbons (Fsp3) is 0.500. The highest BCUT2D eigenvalue weighted by Gasteiger charge is 2.17. The summed E-state index contributed by atoms with van der Waals surface area (Å²) in [6, 6.07) is 6.11. The Labute approximate surface area is 178 Å². The van der Waals surface area contributed by atoms with E-state index in [2.05, 4.69) is 42.3 Å². The Morgan fingerprint density at radius 3 is 2.67 bits per heavy atom. The summed E-state index contributed by atoms with van der Waals surface area (Å²) in [6.07, 6.45) is 8.62. The predicted molar refractivity (Wildman–Crippen MR) is 116 cm³/mol. The molecule has 8 nitrogen and oxygen atoms in total. The number of likely N-dealkylation sites (N-methyl/N-ethyl adjacent to an activating group) is 1. The van der Waals surface area contributed by atoms with E-state index in [1.165, 1.54) is 0 Å². The van der Waals surface area contributed by atoms with E-state index in [-0.39, 0.29) is 0 Å². The first-order valence-electron chi connectivity index (χ1n) is 10.6. The number of furan rings is 1. The van der Waals surface area contributed by atoms with Crippen LogP contribution in [0.2, 0.25) is 0 Å². The van der Waals surface area contributed by atoms with Gasteiger partial charge in [-0.3, -0.25) is 4.90 Å². The molecule has 0 unspecified atom stereocenters. The zero-order valence-corrected chi connectivity index (χ0v) is 17.9. The van der Waals surface area contributed by atoms with Gasteiger partial charge in [-0.1, -0.05) is 0 Å². The van der Waals surface area contributed by atoms with Gasteiger partial charge in [0.25, 0.3) is 0 Å². The van der Waals surface area contributed by atoms with E-state index < -0.39 is 0 Å². The van der Waals surface area contributed by atoms with Crippen LogP contribution in [0.15, 0.2) is 47.5 Å². The zero-order valence-electron chi connectivity index (χ0n) is 17.9. The molecule has 30 heavy (non-hydrogen) atoms. The molecule has 0 aliphatic carbocycles. The van der Waals surface area contributed by atoms with Gasteiger partial charge in [-0.05, 0) is 38.6 Å². The first kappa shape index (κ1) is 20.6. The minimum absolute atomic E-state index is 0.769. The van der Waals surface area contributed by atoms with Crippen molar-refractivity contribution < 1.29 is 4.42 Å². The fourth-order valence-corrected chi connectivity index (χ4v) is 3.76. The fourth-order valence-electron chi connectivity index (χ4n) is 3.76. The average molecular weight is 410 g/mol. The highest BCUT2D eigenvalue weighted by atomic mass is 16.3. The van der Waals surface area contributed by atoms with Crippen LogP contribution in [0.1, 0.15) is 23.6 Å². The molecule has 1 fully saturated rings. The number of aryl methyl sites for hydroxylation is 2. The molecular weight excluding hydrogens is 378 g/mol. The highest BCUT2D eigenvalue weighted by Crippen LogP contribution is 2.15. The Balaban J connectivity index is 1.41. The number of imidazole rings is 1. The van der Waals surface area contributed by atoms with Crippen molar-refractivity contribution >= 4 is 5.95 Å². The lowest BCUT2D eigenvalue weighted by Crippen LogP contribution is -2.45. The number of hydrogen-bond acceptors (Lipinski definition) is 7. The summed E-state index contributed by atoms with van der Waals surface area (Å²) in [6.45, 7) is 9.46. The molecule has 0 atom stereocenters. The van der Waals surface area contributed by atoms with Gasteiger partial charge >= 0.3 is 0 Å². The molecule has 0 saturated carbocycles. The number of hydrogen-bond donors (Lipinski definition) is 0. The van der Waals surface area contributed by atoms with Gasteiger partial charge in [0.05, 0.1) is 18.6 Å². The molecule has 8 heteroatoms. The largest absolute Gasteiger partial charge is 0.465 e. The topological polar surface area (TPSA) is 66.5 Å². The summed E-state index contributed by atoms with van der Waals surface area (Å²) in [4.78, 5) is 20.5. The third-order valence-electron chi connectivity index (χ3n) is 5.50. The van der Waals surface area contributed by atoms with Crippen molar-refractivity contribution in [3.8, 4) is 0 Å². The van der Waals surface area contributed by atoms with Gasteiger partial charge in [-0.15, -0.1) is 0 Å². The Bertz CT molecular complexity index is 900. The molecule has 3 aromatic heterocycles. The summed E-state index contributed by atoms with van der Waals surface area (Å²) in [5, 5.41) is 0. The minimum atomic E-state index is 0.769. The smallest absolute Gasteiger partial charge is 0.225 e. The highest BCUT2D eigenvalue weighted by molar-refractivity contribution is 5.31. The van der Waals surface area contributed by atoms with Crippen molar-refractivity contribution in [3.63, 3.8) is 0 Å². The van der Waals surface area contributed by atoms with Crippen LogP contribution in [0.25, 0.3) is 0 Å². The van der Waals surface area contributed by atoms with Crippen molar-refractivity contribution in [3.05, 3.63) is 60.3 Å². The summed E-state index contributed by atoms with van der Waals surface area (Å²) in [7, 11) is 2.16. The molecule has 0 bridgehead atoms. The van der Waals surface area contributed by atoms with Gasteiger partial charge < -0.3 is 18.8 Å². The Morgan fingerprint density at radius 2 is 1.93 bits per heavy atom. The van der Waals surface area contributed by atoms with E-state index in [1.54, 1.807) is 0 Å². The standard InChI is InChI=1S/C22H31N7O/c1-19-4-5-21(30-19)17-28(10-3-9-27-11-8-23-18-27)16-20-6-7-24-22(25-20)29-14-12-26(2)13-15-29/h4-8,11,18H,3,9-10,12-17H2,1-2H3.